The van der Waals surface area contributed by atoms with Gasteiger partial charge in [0.2, 0.25) is 0 Å². The first-order valence-corrected chi connectivity index (χ1v) is 11.2. The Hall–Kier alpha value is -3.16. The number of benzene rings is 3. The smallest absolute Gasteiger partial charge is 0.257 e. The van der Waals surface area contributed by atoms with Gasteiger partial charge in [-0.1, -0.05) is 36.4 Å². The second-order valence-corrected chi connectivity index (χ2v) is 8.36. The van der Waals surface area contributed by atoms with Gasteiger partial charge in [0, 0.05) is 16.5 Å². The van der Waals surface area contributed by atoms with Crippen LogP contribution in [-0.2, 0) is 6.61 Å². The molecule has 1 amide bonds. The molecule has 0 fully saturated rings. The summed E-state index contributed by atoms with van der Waals surface area (Å²) in [6.45, 7) is 0.444. The van der Waals surface area contributed by atoms with Crippen molar-refractivity contribution in [2.24, 2.45) is 0 Å². The Balaban J connectivity index is 1.42. The number of hydrogen-bond acceptors (Lipinski definition) is 5. The van der Waals surface area contributed by atoms with Gasteiger partial charge in [-0.2, -0.15) is 0 Å². The van der Waals surface area contributed by atoms with Crippen molar-refractivity contribution < 1.29 is 14.3 Å². The van der Waals surface area contributed by atoms with Crippen molar-refractivity contribution in [3.05, 3.63) is 93.8 Å². The second kappa shape index (κ2) is 9.76. The van der Waals surface area contributed by atoms with Crippen molar-refractivity contribution in [3.63, 3.8) is 0 Å². The van der Waals surface area contributed by atoms with Crippen LogP contribution in [0.25, 0.3) is 11.3 Å². The number of halogens is 1. The summed E-state index contributed by atoms with van der Waals surface area (Å²) < 4.78 is 11.9. The number of anilines is 1. The van der Waals surface area contributed by atoms with Crippen LogP contribution in [-0.4, -0.2) is 18.0 Å². The molecule has 31 heavy (non-hydrogen) atoms. The molecule has 0 aliphatic rings. The fourth-order valence-electron chi connectivity index (χ4n) is 2.93. The Kier molecular flexibility index (Phi) is 6.64. The van der Waals surface area contributed by atoms with E-state index in [0.29, 0.717) is 23.1 Å². The van der Waals surface area contributed by atoms with Crippen LogP contribution in [0.2, 0.25) is 0 Å². The highest BCUT2D eigenvalue weighted by Gasteiger charge is 2.12. The average molecular weight is 495 g/mol. The van der Waals surface area contributed by atoms with E-state index in [4.69, 9.17) is 9.47 Å². The molecular weight excluding hydrogens is 476 g/mol. The Labute approximate surface area is 192 Å². The third-order valence-electron chi connectivity index (χ3n) is 4.52. The molecule has 1 aromatic heterocycles. The van der Waals surface area contributed by atoms with Crippen LogP contribution < -0.4 is 14.8 Å². The van der Waals surface area contributed by atoms with Gasteiger partial charge in [-0.15, -0.1) is 11.3 Å². The molecule has 0 saturated carbocycles. The van der Waals surface area contributed by atoms with E-state index in [1.807, 2.05) is 60.0 Å². The van der Waals surface area contributed by atoms with Crippen LogP contribution in [0.4, 0.5) is 5.13 Å². The lowest BCUT2D eigenvalue weighted by molar-refractivity contribution is 0.102. The van der Waals surface area contributed by atoms with Crippen LogP contribution in [0, 0.1) is 0 Å². The fraction of sp³-hybridized carbons (Fsp3) is 0.0833. The highest BCUT2D eigenvalue weighted by Crippen LogP contribution is 2.32. The zero-order chi connectivity index (χ0) is 21.6. The first kappa shape index (κ1) is 21.1. The lowest BCUT2D eigenvalue weighted by Crippen LogP contribution is -2.11. The van der Waals surface area contributed by atoms with E-state index in [2.05, 4.69) is 26.2 Å². The lowest BCUT2D eigenvalue weighted by Gasteiger charge is -2.08. The second-order valence-electron chi connectivity index (χ2n) is 6.64. The number of carbonyl (C=O) groups is 1. The SMILES string of the molecule is COc1ccc(-c2csc(NC(=O)c3cccc(OCc4ccccc4)c3)n2)cc1Br. The Morgan fingerprint density at radius 1 is 1.06 bits per heavy atom. The molecule has 0 atom stereocenters. The maximum atomic E-state index is 12.7. The van der Waals surface area contributed by atoms with Gasteiger partial charge < -0.3 is 9.47 Å². The number of amides is 1. The fourth-order valence-corrected chi connectivity index (χ4v) is 4.18. The van der Waals surface area contributed by atoms with Crippen molar-refractivity contribution >= 4 is 38.3 Å². The highest BCUT2D eigenvalue weighted by molar-refractivity contribution is 9.10. The summed E-state index contributed by atoms with van der Waals surface area (Å²) in [5.74, 6) is 1.16. The molecule has 4 aromatic rings. The molecule has 1 N–H and O–H groups in total. The molecule has 4 rings (SSSR count). The molecular formula is C24H19BrN2O3S. The topological polar surface area (TPSA) is 60.5 Å². The summed E-state index contributed by atoms with van der Waals surface area (Å²) in [6.07, 6.45) is 0. The molecule has 0 saturated heterocycles. The normalized spacial score (nSPS) is 10.5. The molecule has 0 radical (unpaired) electrons. The number of methoxy groups -OCH3 is 1. The van der Waals surface area contributed by atoms with E-state index in [9.17, 15) is 4.79 Å². The summed E-state index contributed by atoms with van der Waals surface area (Å²) in [5.41, 5.74) is 3.29. The van der Waals surface area contributed by atoms with E-state index in [0.717, 1.165) is 27.0 Å². The highest BCUT2D eigenvalue weighted by atomic mass is 79.9. The molecule has 0 unspecified atom stereocenters. The minimum atomic E-state index is -0.234. The quantitative estimate of drug-likeness (QED) is 0.322. The third-order valence-corrected chi connectivity index (χ3v) is 5.89. The van der Waals surface area contributed by atoms with Crippen molar-refractivity contribution in [1.29, 1.82) is 0 Å². The molecule has 5 nitrogen and oxygen atoms in total. The Bertz CT molecular complexity index is 1190. The molecule has 0 bridgehead atoms. The molecule has 0 aliphatic heterocycles. The zero-order valence-electron chi connectivity index (χ0n) is 16.7. The molecule has 156 valence electrons. The predicted molar refractivity (Wildman–Crippen MR) is 127 cm³/mol. The third kappa shape index (κ3) is 5.31. The summed E-state index contributed by atoms with van der Waals surface area (Å²) in [7, 11) is 1.62. The zero-order valence-corrected chi connectivity index (χ0v) is 19.1. The van der Waals surface area contributed by atoms with Gasteiger partial charge >= 0.3 is 0 Å². The van der Waals surface area contributed by atoms with Crippen molar-refractivity contribution in [1.82, 2.24) is 4.98 Å². The summed E-state index contributed by atoms with van der Waals surface area (Å²) >= 11 is 4.86. The number of rotatable bonds is 7. The molecule has 3 aromatic carbocycles. The minimum Gasteiger partial charge on any atom is -0.496 e. The van der Waals surface area contributed by atoms with Gasteiger partial charge in [0.1, 0.15) is 18.1 Å². The van der Waals surface area contributed by atoms with Crippen LogP contribution in [0.3, 0.4) is 0 Å². The van der Waals surface area contributed by atoms with E-state index < -0.39 is 0 Å². The summed E-state index contributed by atoms with van der Waals surface area (Å²) in [4.78, 5) is 17.2. The van der Waals surface area contributed by atoms with E-state index in [1.165, 1.54) is 11.3 Å². The van der Waals surface area contributed by atoms with Gasteiger partial charge in [0.25, 0.3) is 5.91 Å². The van der Waals surface area contributed by atoms with Crippen LogP contribution >= 0.6 is 27.3 Å². The standard InChI is InChI=1S/C24H19BrN2O3S/c1-29-22-11-10-17(13-20(22)25)21-15-31-24(26-21)27-23(28)18-8-5-9-19(12-18)30-14-16-6-3-2-4-7-16/h2-13,15H,14H2,1H3,(H,26,27,28). The predicted octanol–water partition coefficient (Wildman–Crippen LogP) is 6.41. The molecule has 0 spiro atoms. The largest absolute Gasteiger partial charge is 0.496 e. The first-order valence-electron chi connectivity index (χ1n) is 9.50. The average Bonchev–Trinajstić information content (AvgIpc) is 3.27. The van der Waals surface area contributed by atoms with Gasteiger partial charge in [-0.05, 0) is 57.9 Å². The van der Waals surface area contributed by atoms with E-state index >= 15 is 0 Å². The van der Waals surface area contributed by atoms with E-state index in [-0.39, 0.29) is 5.91 Å². The number of ether oxygens (including phenoxy) is 2. The number of carbonyl (C=O) groups excluding carboxylic acids is 1. The minimum absolute atomic E-state index is 0.234. The molecule has 0 aliphatic carbocycles. The van der Waals surface area contributed by atoms with Crippen molar-refractivity contribution in [2.45, 2.75) is 6.61 Å². The maximum absolute atomic E-state index is 12.7. The first-order chi connectivity index (χ1) is 15.1. The number of nitrogens with one attached hydrogen (secondary N) is 1. The van der Waals surface area contributed by atoms with Crippen LogP contribution in [0.5, 0.6) is 11.5 Å². The number of nitrogens with zero attached hydrogens (tertiary/aromatic N) is 1. The molecule has 1 heterocycles. The van der Waals surface area contributed by atoms with Crippen molar-refractivity contribution in [3.8, 4) is 22.8 Å². The van der Waals surface area contributed by atoms with E-state index in [1.54, 1.807) is 25.3 Å². The lowest BCUT2D eigenvalue weighted by atomic mass is 10.2. The number of hydrogen-bond donors (Lipinski definition) is 1. The molecule has 7 heteroatoms. The van der Waals surface area contributed by atoms with Crippen LogP contribution in [0.1, 0.15) is 15.9 Å². The van der Waals surface area contributed by atoms with Crippen LogP contribution in [0.15, 0.2) is 82.6 Å². The van der Waals surface area contributed by atoms with Gasteiger partial charge in [-0.3, -0.25) is 10.1 Å². The summed E-state index contributed by atoms with van der Waals surface area (Å²) in [6, 6.07) is 22.8. The Morgan fingerprint density at radius 3 is 2.68 bits per heavy atom. The monoisotopic (exact) mass is 494 g/mol. The number of aromatic nitrogens is 1. The van der Waals surface area contributed by atoms with Gasteiger partial charge in [0.05, 0.1) is 17.3 Å². The Morgan fingerprint density at radius 2 is 1.90 bits per heavy atom. The van der Waals surface area contributed by atoms with Gasteiger partial charge in [0.15, 0.2) is 5.13 Å². The number of thiazole rings is 1. The van der Waals surface area contributed by atoms with Crippen molar-refractivity contribution in [2.75, 3.05) is 12.4 Å². The maximum Gasteiger partial charge on any atom is 0.257 e. The summed E-state index contributed by atoms with van der Waals surface area (Å²) in [5, 5.41) is 5.30. The van der Waals surface area contributed by atoms with Gasteiger partial charge in [-0.25, -0.2) is 4.98 Å².